The van der Waals surface area contributed by atoms with E-state index in [1.165, 1.54) is 18.5 Å². The summed E-state index contributed by atoms with van der Waals surface area (Å²) in [6.07, 6.45) is 1.45. The third kappa shape index (κ3) is 4.36. The summed E-state index contributed by atoms with van der Waals surface area (Å²) >= 11 is 0. The number of nitrogens with zero attached hydrogens (tertiary/aromatic N) is 3. The summed E-state index contributed by atoms with van der Waals surface area (Å²) in [5, 5.41) is 14.6. The van der Waals surface area contributed by atoms with E-state index < -0.39 is 14.9 Å². The molecule has 0 aliphatic heterocycles. The van der Waals surface area contributed by atoms with Crippen LogP contribution in [0.15, 0.2) is 53.7 Å². The van der Waals surface area contributed by atoms with Crippen molar-refractivity contribution in [2.75, 3.05) is 18.4 Å². The molecule has 27 heavy (non-hydrogen) atoms. The number of hydrogen-bond donors (Lipinski definition) is 2. The summed E-state index contributed by atoms with van der Waals surface area (Å²) in [7, 11) is -3.75. The standard InChI is InChI=1S/C17H17N5O4S/c1-12-2-7-16-15(10-12)17(20-11-19-16)18-8-9-21-27(25,26)14-5-3-13(4-6-14)22(23)24/h2-7,10-11,21H,8-9H2,1H3,(H,18,19,20). The van der Waals surface area contributed by atoms with Crippen molar-refractivity contribution in [3.05, 3.63) is 64.5 Å². The Labute approximate surface area is 155 Å². The van der Waals surface area contributed by atoms with E-state index in [2.05, 4.69) is 20.0 Å². The first-order chi connectivity index (χ1) is 12.9. The first kappa shape index (κ1) is 18.7. The smallest absolute Gasteiger partial charge is 0.269 e. The third-order valence-corrected chi connectivity index (χ3v) is 5.34. The van der Waals surface area contributed by atoms with Crippen LogP contribution in [0.25, 0.3) is 10.9 Å². The largest absolute Gasteiger partial charge is 0.368 e. The lowest BCUT2D eigenvalue weighted by atomic mass is 10.1. The van der Waals surface area contributed by atoms with Crippen molar-refractivity contribution in [1.82, 2.24) is 14.7 Å². The highest BCUT2D eigenvalue weighted by Gasteiger charge is 2.15. The van der Waals surface area contributed by atoms with Crippen LogP contribution in [-0.4, -0.2) is 36.4 Å². The maximum atomic E-state index is 12.2. The number of nitro groups is 1. The Bertz CT molecular complexity index is 1080. The predicted octanol–water partition coefficient (Wildman–Crippen LogP) is 2.24. The zero-order valence-corrected chi connectivity index (χ0v) is 15.2. The molecular formula is C17H17N5O4S. The normalized spacial score (nSPS) is 11.4. The average molecular weight is 387 g/mol. The van der Waals surface area contributed by atoms with Crippen LogP contribution < -0.4 is 10.0 Å². The van der Waals surface area contributed by atoms with E-state index in [0.29, 0.717) is 12.4 Å². The maximum Gasteiger partial charge on any atom is 0.269 e. The second-order valence-corrected chi connectivity index (χ2v) is 7.59. The van der Waals surface area contributed by atoms with Gasteiger partial charge >= 0.3 is 0 Å². The zero-order chi connectivity index (χ0) is 19.4. The van der Waals surface area contributed by atoms with Gasteiger partial charge in [0.05, 0.1) is 15.3 Å². The number of non-ortho nitro benzene ring substituents is 1. The van der Waals surface area contributed by atoms with Gasteiger partial charge in [-0.25, -0.2) is 23.1 Å². The molecule has 0 atom stereocenters. The summed E-state index contributed by atoms with van der Waals surface area (Å²) in [6.45, 7) is 2.40. The van der Waals surface area contributed by atoms with Crippen molar-refractivity contribution in [2.45, 2.75) is 11.8 Å². The lowest BCUT2D eigenvalue weighted by Gasteiger charge is -2.10. The Hall–Kier alpha value is -3.11. The van der Waals surface area contributed by atoms with Crippen LogP contribution in [0.3, 0.4) is 0 Å². The SMILES string of the molecule is Cc1ccc2ncnc(NCCNS(=O)(=O)c3ccc([N+](=O)[O-])cc3)c2c1. The first-order valence-electron chi connectivity index (χ1n) is 8.06. The summed E-state index contributed by atoms with van der Waals surface area (Å²) < 4.78 is 26.9. The molecule has 2 N–H and O–H groups in total. The molecule has 9 nitrogen and oxygen atoms in total. The van der Waals surface area contributed by atoms with E-state index in [9.17, 15) is 18.5 Å². The number of rotatable bonds is 7. The molecule has 0 aliphatic rings. The molecule has 0 unspecified atom stereocenters. The Morgan fingerprint density at radius 2 is 1.81 bits per heavy atom. The minimum absolute atomic E-state index is 0.0313. The van der Waals surface area contributed by atoms with Crippen molar-refractivity contribution in [1.29, 1.82) is 0 Å². The van der Waals surface area contributed by atoms with E-state index in [-0.39, 0.29) is 17.1 Å². The number of aryl methyl sites for hydroxylation is 1. The number of sulfonamides is 1. The molecule has 10 heteroatoms. The van der Waals surface area contributed by atoms with Gasteiger partial charge in [0.15, 0.2) is 0 Å². The van der Waals surface area contributed by atoms with E-state index >= 15 is 0 Å². The predicted molar refractivity (Wildman–Crippen MR) is 101 cm³/mol. The number of nitrogens with one attached hydrogen (secondary N) is 2. The van der Waals surface area contributed by atoms with E-state index in [0.717, 1.165) is 28.6 Å². The molecule has 1 aromatic heterocycles. The van der Waals surface area contributed by atoms with Gasteiger partial charge in [0.1, 0.15) is 12.1 Å². The molecule has 0 fully saturated rings. The highest BCUT2D eigenvalue weighted by Crippen LogP contribution is 2.20. The number of hydrogen-bond acceptors (Lipinski definition) is 7. The molecule has 0 saturated heterocycles. The lowest BCUT2D eigenvalue weighted by molar-refractivity contribution is -0.384. The zero-order valence-electron chi connectivity index (χ0n) is 14.4. The second kappa shape index (κ2) is 7.64. The summed E-state index contributed by atoms with van der Waals surface area (Å²) in [6, 6.07) is 10.5. The summed E-state index contributed by atoms with van der Waals surface area (Å²) in [5.41, 5.74) is 1.70. The highest BCUT2D eigenvalue weighted by molar-refractivity contribution is 7.89. The minimum Gasteiger partial charge on any atom is -0.368 e. The van der Waals surface area contributed by atoms with Crippen molar-refractivity contribution in [3.63, 3.8) is 0 Å². The quantitative estimate of drug-likeness (QED) is 0.361. The molecule has 3 aromatic rings. The fraction of sp³-hybridized carbons (Fsp3) is 0.176. The van der Waals surface area contributed by atoms with Crippen LogP contribution in [-0.2, 0) is 10.0 Å². The van der Waals surface area contributed by atoms with E-state index in [1.807, 2.05) is 25.1 Å². The second-order valence-electron chi connectivity index (χ2n) is 5.82. The van der Waals surface area contributed by atoms with Crippen molar-refractivity contribution >= 4 is 32.4 Å². The van der Waals surface area contributed by atoms with Gasteiger partial charge < -0.3 is 5.32 Å². The molecule has 0 amide bonds. The topological polar surface area (TPSA) is 127 Å². The Balaban J connectivity index is 1.63. The van der Waals surface area contributed by atoms with Gasteiger partial charge in [-0.15, -0.1) is 0 Å². The average Bonchev–Trinajstić information content (AvgIpc) is 2.65. The fourth-order valence-corrected chi connectivity index (χ4v) is 3.54. The molecule has 0 saturated carbocycles. The summed E-state index contributed by atoms with van der Waals surface area (Å²) in [5.74, 6) is 0.623. The molecular weight excluding hydrogens is 370 g/mol. The van der Waals surface area contributed by atoms with Crippen LogP contribution in [0, 0.1) is 17.0 Å². The summed E-state index contributed by atoms with van der Waals surface area (Å²) in [4.78, 5) is 18.4. The van der Waals surface area contributed by atoms with Crippen molar-refractivity contribution in [2.24, 2.45) is 0 Å². The molecule has 0 aliphatic carbocycles. The minimum atomic E-state index is -3.75. The van der Waals surface area contributed by atoms with Crippen molar-refractivity contribution in [3.8, 4) is 0 Å². The van der Waals surface area contributed by atoms with Crippen molar-refractivity contribution < 1.29 is 13.3 Å². The van der Waals surface area contributed by atoms with E-state index in [1.54, 1.807) is 0 Å². The fourth-order valence-electron chi connectivity index (χ4n) is 2.51. The first-order valence-corrected chi connectivity index (χ1v) is 9.54. The van der Waals surface area contributed by atoms with Crippen LogP contribution in [0.2, 0.25) is 0 Å². The molecule has 140 valence electrons. The monoisotopic (exact) mass is 387 g/mol. The number of anilines is 1. The van der Waals surface area contributed by atoms with Gasteiger partial charge in [0.25, 0.3) is 5.69 Å². The Kier molecular flexibility index (Phi) is 5.28. The Morgan fingerprint density at radius 3 is 2.52 bits per heavy atom. The molecule has 0 bridgehead atoms. The molecule has 1 heterocycles. The van der Waals surface area contributed by atoms with Gasteiger partial charge in [-0.3, -0.25) is 10.1 Å². The number of fused-ring (bicyclic) bond motifs is 1. The molecule has 0 radical (unpaired) electrons. The van der Waals surface area contributed by atoms with Crippen LogP contribution in [0.5, 0.6) is 0 Å². The number of benzene rings is 2. The highest BCUT2D eigenvalue weighted by atomic mass is 32.2. The maximum absolute atomic E-state index is 12.2. The third-order valence-electron chi connectivity index (χ3n) is 3.86. The van der Waals surface area contributed by atoms with Gasteiger partial charge in [-0.05, 0) is 31.2 Å². The lowest BCUT2D eigenvalue weighted by Crippen LogP contribution is -2.29. The molecule has 2 aromatic carbocycles. The van der Waals surface area contributed by atoms with Crippen LogP contribution in [0.1, 0.15) is 5.56 Å². The number of aromatic nitrogens is 2. The van der Waals surface area contributed by atoms with Gasteiger partial charge in [0, 0.05) is 30.6 Å². The molecule has 0 spiro atoms. The molecule has 3 rings (SSSR count). The van der Waals surface area contributed by atoms with Gasteiger partial charge in [-0.2, -0.15) is 0 Å². The van der Waals surface area contributed by atoms with E-state index in [4.69, 9.17) is 0 Å². The van der Waals surface area contributed by atoms with Crippen LogP contribution in [0.4, 0.5) is 11.5 Å². The Morgan fingerprint density at radius 1 is 1.07 bits per heavy atom. The van der Waals surface area contributed by atoms with Gasteiger partial charge in [0.2, 0.25) is 10.0 Å². The van der Waals surface area contributed by atoms with Crippen LogP contribution >= 0.6 is 0 Å². The number of nitro benzene ring substituents is 1. The van der Waals surface area contributed by atoms with Gasteiger partial charge in [-0.1, -0.05) is 11.6 Å².